The van der Waals surface area contributed by atoms with E-state index in [2.05, 4.69) is 5.10 Å². The second-order valence-corrected chi connectivity index (χ2v) is 7.21. The van der Waals surface area contributed by atoms with Gasteiger partial charge in [0, 0.05) is 22.0 Å². The van der Waals surface area contributed by atoms with Crippen LogP contribution >= 0.6 is 23.2 Å². The number of rotatable bonds is 3. The van der Waals surface area contributed by atoms with E-state index in [0.29, 0.717) is 22.0 Å². The van der Waals surface area contributed by atoms with Gasteiger partial charge < -0.3 is 0 Å². The fourth-order valence-corrected chi connectivity index (χ4v) is 3.42. The van der Waals surface area contributed by atoms with Gasteiger partial charge in [0.15, 0.2) is 0 Å². The molecule has 0 aromatic heterocycles. The predicted octanol–water partition coefficient (Wildman–Crippen LogP) is 5.98. The Morgan fingerprint density at radius 3 is 2.07 bits per heavy atom. The summed E-state index contributed by atoms with van der Waals surface area (Å²) < 4.78 is 0. The lowest BCUT2D eigenvalue weighted by atomic mass is 9.98. The first-order valence-corrected chi connectivity index (χ1v) is 9.35. The van der Waals surface area contributed by atoms with Crippen molar-refractivity contribution in [1.29, 1.82) is 0 Å². The van der Waals surface area contributed by atoms with Crippen LogP contribution in [0.5, 0.6) is 0 Å². The molecule has 0 fully saturated rings. The van der Waals surface area contributed by atoms with Gasteiger partial charge in [-0.1, -0.05) is 65.7 Å². The lowest BCUT2D eigenvalue weighted by Crippen LogP contribution is -2.27. The smallest absolute Gasteiger partial charge is 0.267 e. The largest absolute Gasteiger partial charge is 0.274 e. The predicted molar refractivity (Wildman–Crippen MR) is 109 cm³/mol. The van der Waals surface area contributed by atoms with Gasteiger partial charge in [0.1, 0.15) is 0 Å². The highest BCUT2D eigenvalue weighted by molar-refractivity contribution is 6.31. The number of carbonyl (C=O) groups excluding carboxylic acids is 1. The number of hydrogen-bond acceptors (Lipinski definition) is 2. The van der Waals surface area contributed by atoms with Crippen LogP contribution in [0.2, 0.25) is 10.0 Å². The molecule has 1 aliphatic heterocycles. The van der Waals surface area contributed by atoms with Crippen molar-refractivity contribution in [3.05, 3.63) is 106 Å². The summed E-state index contributed by atoms with van der Waals surface area (Å²) in [5.74, 6) is -0.125. The van der Waals surface area contributed by atoms with Gasteiger partial charge in [-0.2, -0.15) is 5.10 Å². The number of benzene rings is 3. The number of hydrogen-bond donors (Lipinski definition) is 0. The average Bonchev–Trinajstić information content (AvgIpc) is 3.14. The first-order chi connectivity index (χ1) is 13.1. The molecule has 0 N–H and O–H groups in total. The zero-order valence-electron chi connectivity index (χ0n) is 14.3. The Kier molecular flexibility index (Phi) is 4.97. The lowest BCUT2D eigenvalue weighted by Gasteiger charge is -2.22. The fourth-order valence-electron chi connectivity index (χ4n) is 3.17. The normalized spacial score (nSPS) is 16.3. The van der Waals surface area contributed by atoms with Crippen LogP contribution in [0.1, 0.15) is 33.9 Å². The van der Waals surface area contributed by atoms with Crippen LogP contribution in [0, 0.1) is 0 Å². The van der Waals surface area contributed by atoms with Crippen LogP contribution in [0.4, 0.5) is 0 Å². The van der Waals surface area contributed by atoms with Gasteiger partial charge in [-0.3, -0.25) is 4.79 Å². The molecule has 1 atom stereocenters. The van der Waals surface area contributed by atoms with Crippen molar-refractivity contribution in [2.24, 2.45) is 5.10 Å². The molecular weight excluding hydrogens is 379 g/mol. The summed E-state index contributed by atoms with van der Waals surface area (Å²) in [6.07, 6.45) is 0.627. The topological polar surface area (TPSA) is 32.7 Å². The highest BCUT2D eigenvalue weighted by Crippen LogP contribution is 2.34. The second kappa shape index (κ2) is 7.55. The molecule has 5 heteroatoms. The van der Waals surface area contributed by atoms with E-state index in [0.717, 1.165) is 16.8 Å². The van der Waals surface area contributed by atoms with E-state index in [1.807, 2.05) is 66.7 Å². The van der Waals surface area contributed by atoms with Crippen LogP contribution in [-0.2, 0) is 0 Å². The molecule has 1 amide bonds. The molecule has 0 radical (unpaired) electrons. The fraction of sp³-hybridized carbons (Fsp3) is 0.0909. The highest BCUT2D eigenvalue weighted by Gasteiger charge is 2.33. The van der Waals surface area contributed by atoms with Crippen molar-refractivity contribution in [2.75, 3.05) is 0 Å². The molecular formula is C22H16Cl2N2O. The third-order valence-electron chi connectivity index (χ3n) is 4.57. The van der Waals surface area contributed by atoms with Gasteiger partial charge in [0.2, 0.25) is 0 Å². The van der Waals surface area contributed by atoms with Crippen LogP contribution in [0.25, 0.3) is 0 Å². The Morgan fingerprint density at radius 1 is 0.852 bits per heavy atom. The molecule has 0 unspecified atom stereocenters. The summed E-state index contributed by atoms with van der Waals surface area (Å²) in [6.45, 7) is 0. The molecule has 0 saturated carbocycles. The Balaban J connectivity index is 1.72. The molecule has 27 heavy (non-hydrogen) atoms. The molecule has 1 aliphatic rings. The van der Waals surface area contributed by atoms with Crippen LogP contribution in [-0.4, -0.2) is 16.6 Å². The maximum absolute atomic E-state index is 13.1. The molecule has 1 heterocycles. The van der Waals surface area contributed by atoms with Crippen molar-refractivity contribution < 1.29 is 4.79 Å². The van der Waals surface area contributed by atoms with E-state index in [9.17, 15) is 4.79 Å². The number of amides is 1. The van der Waals surface area contributed by atoms with Gasteiger partial charge in [0.05, 0.1) is 11.8 Å². The molecule has 0 aliphatic carbocycles. The number of halogens is 2. The third-order valence-corrected chi connectivity index (χ3v) is 5.08. The van der Waals surface area contributed by atoms with E-state index >= 15 is 0 Å². The summed E-state index contributed by atoms with van der Waals surface area (Å²) in [5.41, 5.74) is 3.42. The Hall–Kier alpha value is -2.62. The summed E-state index contributed by atoms with van der Waals surface area (Å²) in [5, 5.41) is 7.57. The van der Waals surface area contributed by atoms with Crippen molar-refractivity contribution in [2.45, 2.75) is 12.5 Å². The summed E-state index contributed by atoms with van der Waals surface area (Å²) in [7, 11) is 0. The number of carbonyl (C=O) groups is 1. The Bertz CT molecular complexity index is 983. The summed E-state index contributed by atoms with van der Waals surface area (Å²) >= 11 is 12.0. The minimum Gasteiger partial charge on any atom is -0.267 e. The first-order valence-electron chi connectivity index (χ1n) is 8.59. The minimum absolute atomic E-state index is 0.125. The quantitative estimate of drug-likeness (QED) is 0.537. The summed E-state index contributed by atoms with van der Waals surface area (Å²) in [6, 6.07) is 24.1. The molecule has 0 spiro atoms. The molecule has 4 rings (SSSR count). The third kappa shape index (κ3) is 3.75. The minimum atomic E-state index is -0.180. The Labute approximate surface area is 167 Å². The average molecular weight is 395 g/mol. The first kappa shape index (κ1) is 17.8. The molecule has 3 aromatic carbocycles. The van der Waals surface area contributed by atoms with E-state index in [1.54, 1.807) is 17.1 Å². The van der Waals surface area contributed by atoms with Crippen molar-refractivity contribution >= 4 is 34.8 Å². The van der Waals surface area contributed by atoms with Crippen molar-refractivity contribution in [3.63, 3.8) is 0 Å². The Morgan fingerprint density at radius 2 is 1.44 bits per heavy atom. The zero-order chi connectivity index (χ0) is 18.8. The van der Waals surface area contributed by atoms with E-state index < -0.39 is 0 Å². The van der Waals surface area contributed by atoms with Crippen LogP contribution in [0.3, 0.4) is 0 Å². The zero-order valence-corrected chi connectivity index (χ0v) is 15.9. The lowest BCUT2D eigenvalue weighted by molar-refractivity contribution is 0.0711. The van der Waals surface area contributed by atoms with Crippen LogP contribution in [0.15, 0.2) is 84.0 Å². The van der Waals surface area contributed by atoms with Gasteiger partial charge in [-0.25, -0.2) is 5.01 Å². The van der Waals surface area contributed by atoms with Crippen molar-refractivity contribution in [3.8, 4) is 0 Å². The van der Waals surface area contributed by atoms with E-state index in [4.69, 9.17) is 23.2 Å². The van der Waals surface area contributed by atoms with Crippen LogP contribution < -0.4 is 0 Å². The molecule has 0 saturated heterocycles. The van der Waals surface area contributed by atoms with Gasteiger partial charge >= 0.3 is 0 Å². The molecule has 134 valence electrons. The molecule has 0 bridgehead atoms. The standard InChI is InChI=1S/C22H16Cl2N2O/c23-18-10-6-15(7-11-18)20-14-21(16-8-12-19(24)13-9-16)26(25-20)22(27)17-4-2-1-3-5-17/h1-13,21H,14H2/t21-/m0/s1. The van der Waals surface area contributed by atoms with E-state index in [1.165, 1.54) is 0 Å². The molecule has 3 aromatic rings. The summed E-state index contributed by atoms with van der Waals surface area (Å²) in [4.78, 5) is 13.1. The highest BCUT2D eigenvalue weighted by atomic mass is 35.5. The maximum Gasteiger partial charge on any atom is 0.274 e. The van der Waals surface area contributed by atoms with Gasteiger partial charge in [-0.05, 0) is 47.5 Å². The SMILES string of the molecule is O=C(c1ccccc1)N1N=C(c2ccc(Cl)cc2)C[C@H]1c1ccc(Cl)cc1. The second-order valence-electron chi connectivity index (χ2n) is 6.34. The van der Waals surface area contributed by atoms with Gasteiger partial charge in [-0.15, -0.1) is 0 Å². The molecule has 3 nitrogen and oxygen atoms in total. The van der Waals surface area contributed by atoms with E-state index in [-0.39, 0.29) is 11.9 Å². The number of nitrogens with zero attached hydrogens (tertiary/aromatic N) is 2. The van der Waals surface area contributed by atoms with Crippen molar-refractivity contribution in [1.82, 2.24) is 5.01 Å². The number of hydrazone groups is 1. The van der Waals surface area contributed by atoms with Gasteiger partial charge in [0.25, 0.3) is 5.91 Å². The maximum atomic E-state index is 13.1. The monoisotopic (exact) mass is 394 g/mol.